The second-order valence-corrected chi connectivity index (χ2v) is 6.46. The van der Waals surface area contributed by atoms with E-state index < -0.39 is 6.10 Å². The zero-order chi connectivity index (χ0) is 15.0. The van der Waals surface area contributed by atoms with E-state index in [1.807, 2.05) is 0 Å². The minimum Gasteiger partial charge on any atom is -0.454 e. The second-order valence-electron chi connectivity index (χ2n) is 4.69. The Balaban J connectivity index is 1.85. The van der Waals surface area contributed by atoms with Crippen molar-refractivity contribution >= 4 is 31.9 Å². The van der Waals surface area contributed by atoms with Gasteiger partial charge in [-0.3, -0.25) is 0 Å². The van der Waals surface area contributed by atoms with Gasteiger partial charge < -0.3 is 14.6 Å². The molecule has 0 aromatic heterocycles. The van der Waals surface area contributed by atoms with Crippen LogP contribution in [0.2, 0.25) is 0 Å². The molecule has 1 N–H and O–H groups in total. The van der Waals surface area contributed by atoms with Crippen molar-refractivity contribution in [2.24, 2.45) is 0 Å². The van der Waals surface area contributed by atoms with Gasteiger partial charge in [0.25, 0.3) is 0 Å². The molecule has 0 amide bonds. The quantitative estimate of drug-likeness (QED) is 0.806. The molecule has 0 spiro atoms. The molecule has 0 saturated heterocycles. The van der Waals surface area contributed by atoms with Crippen molar-refractivity contribution in [2.75, 3.05) is 6.79 Å². The number of halogens is 3. The molecular formula is C15H11Br2FO3. The predicted molar refractivity (Wildman–Crippen MR) is 83.0 cm³/mol. The van der Waals surface area contributed by atoms with Gasteiger partial charge in [-0.05, 0) is 51.3 Å². The molecule has 1 aliphatic heterocycles. The third kappa shape index (κ3) is 3.07. The lowest BCUT2D eigenvalue weighted by Gasteiger charge is -2.13. The van der Waals surface area contributed by atoms with Crippen LogP contribution in [0.15, 0.2) is 39.3 Å². The van der Waals surface area contributed by atoms with Crippen LogP contribution in [0.3, 0.4) is 0 Å². The van der Waals surface area contributed by atoms with Crippen LogP contribution in [-0.4, -0.2) is 11.9 Å². The van der Waals surface area contributed by atoms with E-state index in [0.717, 1.165) is 0 Å². The summed E-state index contributed by atoms with van der Waals surface area (Å²) in [4.78, 5) is 0. The fourth-order valence-electron chi connectivity index (χ4n) is 2.19. The first-order valence-corrected chi connectivity index (χ1v) is 7.84. The van der Waals surface area contributed by atoms with Gasteiger partial charge in [0.05, 0.1) is 10.6 Å². The molecular weight excluding hydrogens is 407 g/mol. The van der Waals surface area contributed by atoms with E-state index in [0.29, 0.717) is 31.6 Å². The van der Waals surface area contributed by atoms with Gasteiger partial charge in [0.1, 0.15) is 5.82 Å². The predicted octanol–water partition coefficient (Wildman–Crippen LogP) is 4.36. The van der Waals surface area contributed by atoms with Crippen molar-refractivity contribution in [1.82, 2.24) is 0 Å². The summed E-state index contributed by atoms with van der Waals surface area (Å²) in [6, 6.07) is 8.27. The van der Waals surface area contributed by atoms with E-state index in [2.05, 4.69) is 31.9 Å². The molecule has 3 rings (SSSR count). The van der Waals surface area contributed by atoms with Crippen molar-refractivity contribution < 1.29 is 19.0 Å². The largest absolute Gasteiger partial charge is 0.454 e. The first-order chi connectivity index (χ1) is 10.0. The Labute approximate surface area is 137 Å². The van der Waals surface area contributed by atoms with Gasteiger partial charge in [0, 0.05) is 10.9 Å². The number of benzene rings is 2. The van der Waals surface area contributed by atoms with Crippen LogP contribution in [0.4, 0.5) is 4.39 Å². The minimum atomic E-state index is -0.827. The van der Waals surface area contributed by atoms with Crippen LogP contribution in [0, 0.1) is 5.82 Å². The lowest BCUT2D eigenvalue weighted by Crippen LogP contribution is -2.04. The molecule has 0 bridgehead atoms. The Bertz CT molecular complexity index is 691. The van der Waals surface area contributed by atoms with Crippen molar-refractivity contribution in [3.63, 3.8) is 0 Å². The van der Waals surface area contributed by atoms with Crippen molar-refractivity contribution in [2.45, 2.75) is 12.5 Å². The maximum Gasteiger partial charge on any atom is 0.231 e. The lowest BCUT2D eigenvalue weighted by atomic mass is 10.0. The summed E-state index contributed by atoms with van der Waals surface area (Å²) in [6.07, 6.45) is -0.642. The number of rotatable bonds is 3. The highest BCUT2D eigenvalue weighted by molar-refractivity contribution is 9.10. The zero-order valence-electron chi connectivity index (χ0n) is 10.8. The van der Waals surface area contributed by atoms with Gasteiger partial charge in [0.2, 0.25) is 6.79 Å². The molecule has 1 aliphatic rings. The van der Waals surface area contributed by atoms with E-state index >= 15 is 0 Å². The molecule has 2 aromatic carbocycles. The van der Waals surface area contributed by atoms with E-state index in [1.165, 1.54) is 6.07 Å². The summed E-state index contributed by atoms with van der Waals surface area (Å²) in [7, 11) is 0. The molecule has 2 aromatic rings. The van der Waals surface area contributed by atoms with Gasteiger partial charge in [-0.1, -0.05) is 22.0 Å². The molecule has 1 heterocycles. The molecule has 110 valence electrons. The number of hydrogen-bond acceptors (Lipinski definition) is 3. The van der Waals surface area contributed by atoms with Crippen LogP contribution in [0.5, 0.6) is 11.5 Å². The van der Waals surface area contributed by atoms with E-state index in [1.54, 1.807) is 24.3 Å². The van der Waals surface area contributed by atoms with Crippen LogP contribution in [0.1, 0.15) is 17.2 Å². The Kier molecular flexibility index (Phi) is 4.19. The summed E-state index contributed by atoms with van der Waals surface area (Å²) < 4.78 is 25.8. The number of aliphatic hydroxyl groups excluding tert-OH is 1. The highest BCUT2D eigenvalue weighted by atomic mass is 79.9. The molecule has 0 saturated carbocycles. The number of hydrogen-bond donors (Lipinski definition) is 1. The average Bonchev–Trinajstić information content (AvgIpc) is 2.90. The Hall–Kier alpha value is -1.11. The Morgan fingerprint density at radius 2 is 2.00 bits per heavy atom. The normalized spacial score (nSPS) is 14.3. The second kappa shape index (κ2) is 5.94. The van der Waals surface area contributed by atoms with Gasteiger partial charge in [-0.25, -0.2) is 4.39 Å². The van der Waals surface area contributed by atoms with Gasteiger partial charge in [-0.2, -0.15) is 0 Å². The molecule has 0 fully saturated rings. The van der Waals surface area contributed by atoms with Crippen molar-refractivity contribution in [1.29, 1.82) is 0 Å². The molecule has 6 heteroatoms. The maximum atomic E-state index is 13.8. The average molecular weight is 418 g/mol. The lowest BCUT2D eigenvalue weighted by molar-refractivity contribution is 0.171. The van der Waals surface area contributed by atoms with Gasteiger partial charge >= 0.3 is 0 Å². The highest BCUT2D eigenvalue weighted by Crippen LogP contribution is 2.41. The maximum absolute atomic E-state index is 13.8. The molecule has 21 heavy (non-hydrogen) atoms. The highest BCUT2D eigenvalue weighted by Gasteiger charge is 2.21. The number of ether oxygens (including phenoxy) is 2. The standard InChI is InChI=1S/C15H11Br2FO3/c16-10-2-1-8(12(18)6-10)4-13(19)9-3-11(17)15-14(5-9)20-7-21-15/h1-3,5-6,13,19H,4,7H2. The Morgan fingerprint density at radius 3 is 2.76 bits per heavy atom. The number of aliphatic hydroxyl groups is 1. The number of fused-ring (bicyclic) bond motifs is 1. The van der Waals surface area contributed by atoms with Gasteiger partial charge in [-0.15, -0.1) is 0 Å². The third-order valence-electron chi connectivity index (χ3n) is 3.26. The smallest absolute Gasteiger partial charge is 0.231 e. The van der Waals surface area contributed by atoms with Gasteiger partial charge in [0.15, 0.2) is 11.5 Å². The Morgan fingerprint density at radius 1 is 1.19 bits per heavy atom. The van der Waals surface area contributed by atoms with Crippen LogP contribution in [-0.2, 0) is 6.42 Å². The zero-order valence-corrected chi connectivity index (χ0v) is 13.9. The van der Waals surface area contributed by atoms with E-state index in [9.17, 15) is 9.50 Å². The van der Waals surface area contributed by atoms with Crippen LogP contribution < -0.4 is 9.47 Å². The van der Waals surface area contributed by atoms with Crippen LogP contribution in [0.25, 0.3) is 0 Å². The fourth-order valence-corrected chi connectivity index (χ4v) is 3.10. The summed E-state index contributed by atoms with van der Waals surface area (Å²) in [5.41, 5.74) is 1.10. The van der Waals surface area contributed by atoms with Crippen molar-refractivity contribution in [3.05, 3.63) is 56.2 Å². The molecule has 1 unspecified atom stereocenters. The summed E-state index contributed by atoms with van der Waals surface area (Å²) in [5, 5.41) is 10.3. The van der Waals surface area contributed by atoms with E-state index in [4.69, 9.17) is 9.47 Å². The molecule has 1 atom stereocenters. The minimum absolute atomic E-state index is 0.162. The molecule has 0 radical (unpaired) electrons. The first kappa shape index (κ1) is 14.8. The monoisotopic (exact) mass is 416 g/mol. The van der Waals surface area contributed by atoms with Crippen LogP contribution >= 0.6 is 31.9 Å². The van der Waals surface area contributed by atoms with E-state index in [-0.39, 0.29) is 19.0 Å². The summed E-state index contributed by atoms with van der Waals surface area (Å²) in [5.74, 6) is 0.860. The first-order valence-electron chi connectivity index (χ1n) is 6.25. The summed E-state index contributed by atoms with van der Waals surface area (Å²) in [6.45, 7) is 0.162. The molecule has 3 nitrogen and oxygen atoms in total. The SMILES string of the molecule is OC(Cc1ccc(Br)cc1F)c1cc(Br)c2c(c1)OCO2. The molecule has 0 aliphatic carbocycles. The van der Waals surface area contributed by atoms with Crippen molar-refractivity contribution in [3.8, 4) is 11.5 Å². The fraction of sp³-hybridized carbons (Fsp3) is 0.200. The topological polar surface area (TPSA) is 38.7 Å². The summed E-state index contributed by atoms with van der Waals surface area (Å²) >= 11 is 6.59. The third-order valence-corrected chi connectivity index (χ3v) is 4.34.